The summed E-state index contributed by atoms with van der Waals surface area (Å²) in [5.74, 6) is 1.00. The van der Waals surface area contributed by atoms with Gasteiger partial charge in [-0.15, -0.1) is 11.3 Å². The maximum absolute atomic E-state index is 11.7. The van der Waals surface area contributed by atoms with Crippen LogP contribution >= 0.6 is 11.3 Å². The third-order valence-corrected chi connectivity index (χ3v) is 8.43. The summed E-state index contributed by atoms with van der Waals surface area (Å²) in [6.07, 6.45) is 3.82. The Morgan fingerprint density at radius 2 is 1.61 bits per heavy atom. The number of hydrogen-bond donors (Lipinski definition) is 2. The summed E-state index contributed by atoms with van der Waals surface area (Å²) < 4.78 is 45.2. The lowest BCUT2D eigenvalue weighted by Gasteiger charge is -2.26. The highest BCUT2D eigenvalue weighted by Gasteiger charge is 2.20. The number of hydrogen-bond acceptors (Lipinski definition) is 7. The van der Waals surface area contributed by atoms with E-state index in [1.807, 2.05) is 49.4 Å². The van der Waals surface area contributed by atoms with Crippen LogP contribution in [0.25, 0.3) is 21.2 Å². The molecule has 38 heavy (non-hydrogen) atoms. The Hall–Kier alpha value is -3.11. The van der Waals surface area contributed by atoms with Crippen LogP contribution in [0.4, 0.5) is 0 Å². The van der Waals surface area contributed by atoms with Gasteiger partial charge in [0, 0.05) is 32.8 Å². The SMILES string of the molecule is Cc1ccc(-c2ccc3c(CS(=O)(=O)O)c(O)ccc3c2Oc2ccc(OCCN3CCCCC3)cc2)s1. The minimum atomic E-state index is -4.36. The predicted octanol–water partition coefficient (Wildman–Crippen LogP) is 6.63. The topological polar surface area (TPSA) is 96.3 Å². The van der Waals surface area contributed by atoms with Crippen LogP contribution in [0, 0.1) is 6.92 Å². The highest BCUT2D eigenvalue weighted by Crippen LogP contribution is 2.44. The smallest absolute Gasteiger partial charge is 0.269 e. The largest absolute Gasteiger partial charge is 0.508 e. The fourth-order valence-electron chi connectivity index (χ4n) is 4.84. The van der Waals surface area contributed by atoms with Crippen LogP contribution in [-0.4, -0.2) is 49.2 Å². The van der Waals surface area contributed by atoms with E-state index in [0.29, 0.717) is 28.9 Å². The number of benzene rings is 3. The fraction of sp³-hybridized carbons (Fsp3) is 0.310. The lowest BCUT2D eigenvalue weighted by Crippen LogP contribution is -2.33. The second kappa shape index (κ2) is 11.3. The zero-order valence-corrected chi connectivity index (χ0v) is 22.9. The Kier molecular flexibility index (Phi) is 7.90. The van der Waals surface area contributed by atoms with Gasteiger partial charge in [0.1, 0.15) is 35.4 Å². The number of nitrogens with zero attached hydrogens (tertiary/aromatic N) is 1. The number of piperidine rings is 1. The summed E-state index contributed by atoms with van der Waals surface area (Å²) in [5.41, 5.74) is 0.974. The van der Waals surface area contributed by atoms with Crippen molar-refractivity contribution >= 4 is 32.2 Å². The van der Waals surface area contributed by atoms with Gasteiger partial charge in [0.25, 0.3) is 10.1 Å². The first-order valence-corrected chi connectivity index (χ1v) is 15.1. The number of fused-ring (bicyclic) bond motifs is 1. The van der Waals surface area contributed by atoms with Gasteiger partial charge in [-0.3, -0.25) is 9.45 Å². The van der Waals surface area contributed by atoms with E-state index in [9.17, 15) is 18.1 Å². The van der Waals surface area contributed by atoms with Gasteiger partial charge in [-0.25, -0.2) is 0 Å². The number of aryl methyl sites for hydroxylation is 1. The van der Waals surface area contributed by atoms with Crippen LogP contribution < -0.4 is 9.47 Å². The van der Waals surface area contributed by atoms with E-state index < -0.39 is 15.9 Å². The first-order valence-electron chi connectivity index (χ1n) is 12.7. The molecule has 1 aliphatic rings. The van der Waals surface area contributed by atoms with Gasteiger partial charge in [0.15, 0.2) is 0 Å². The number of phenolic OH excluding ortho intramolecular Hbond substituents is 1. The maximum atomic E-state index is 11.7. The molecule has 4 aromatic rings. The monoisotopic (exact) mass is 553 g/mol. The van der Waals surface area contributed by atoms with Crippen LogP contribution in [0.1, 0.15) is 29.7 Å². The first-order chi connectivity index (χ1) is 18.3. The average Bonchev–Trinajstić information content (AvgIpc) is 3.33. The van der Waals surface area contributed by atoms with Crippen molar-refractivity contribution in [1.29, 1.82) is 0 Å². The summed E-state index contributed by atoms with van der Waals surface area (Å²) >= 11 is 1.63. The standard InChI is InChI=1S/C29H31NO6S2/c1-20-5-14-28(37-20)25-11-10-23-24(12-13-27(31)26(23)19-38(32,33)34)29(25)36-22-8-6-21(7-9-22)35-18-17-30-15-3-2-4-16-30/h5-14,31H,2-4,15-19H2,1H3,(H,32,33,34). The minimum absolute atomic E-state index is 0.126. The van der Waals surface area contributed by atoms with Crippen molar-refractivity contribution in [2.24, 2.45) is 0 Å². The summed E-state index contributed by atoms with van der Waals surface area (Å²) in [6.45, 7) is 5.85. The van der Waals surface area contributed by atoms with E-state index in [1.54, 1.807) is 23.5 Å². The molecule has 0 unspecified atom stereocenters. The maximum Gasteiger partial charge on any atom is 0.269 e. The average molecular weight is 554 g/mol. The van der Waals surface area contributed by atoms with E-state index >= 15 is 0 Å². The molecular weight excluding hydrogens is 522 g/mol. The third kappa shape index (κ3) is 6.30. The zero-order valence-electron chi connectivity index (χ0n) is 21.2. The van der Waals surface area contributed by atoms with Gasteiger partial charge in [-0.05, 0) is 92.8 Å². The molecule has 0 bridgehead atoms. The normalized spacial score (nSPS) is 14.6. The summed E-state index contributed by atoms with van der Waals surface area (Å²) in [5, 5.41) is 11.5. The molecule has 0 radical (unpaired) electrons. The number of phenols is 1. The Bertz CT molecular complexity index is 1520. The van der Waals surface area contributed by atoms with Crippen molar-refractivity contribution in [3.8, 4) is 33.4 Å². The fourth-order valence-corrected chi connectivity index (χ4v) is 6.40. The first kappa shape index (κ1) is 26.5. The molecule has 0 spiro atoms. The third-order valence-electron chi connectivity index (χ3n) is 6.74. The van der Waals surface area contributed by atoms with E-state index in [-0.39, 0.29) is 11.3 Å². The molecule has 1 aromatic heterocycles. The molecule has 2 heterocycles. The predicted molar refractivity (Wildman–Crippen MR) is 151 cm³/mol. The Morgan fingerprint density at radius 1 is 0.895 bits per heavy atom. The molecule has 9 heteroatoms. The van der Waals surface area contributed by atoms with Gasteiger partial charge in [0.2, 0.25) is 0 Å². The van der Waals surface area contributed by atoms with Gasteiger partial charge >= 0.3 is 0 Å². The van der Waals surface area contributed by atoms with Crippen molar-refractivity contribution in [3.05, 3.63) is 71.1 Å². The Labute approximate surface area is 227 Å². The molecule has 2 N–H and O–H groups in total. The zero-order chi connectivity index (χ0) is 26.7. The number of ether oxygens (including phenoxy) is 2. The second-order valence-corrected chi connectivity index (χ2v) is 12.3. The molecule has 5 rings (SSSR count). The molecule has 7 nitrogen and oxygen atoms in total. The van der Waals surface area contributed by atoms with Crippen molar-refractivity contribution in [1.82, 2.24) is 4.90 Å². The van der Waals surface area contributed by atoms with Gasteiger partial charge in [-0.2, -0.15) is 8.42 Å². The van der Waals surface area contributed by atoms with Crippen molar-refractivity contribution in [2.75, 3.05) is 26.2 Å². The highest BCUT2D eigenvalue weighted by molar-refractivity contribution is 7.85. The van der Waals surface area contributed by atoms with Crippen molar-refractivity contribution < 1.29 is 27.6 Å². The van der Waals surface area contributed by atoms with E-state index in [2.05, 4.69) is 4.90 Å². The molecule has 3 aromatic carbocycles. The molecule has 1 saturated heterocycles. The molecule has 1 aliphatic heterocycles. The van der Waals surface area contributed by atoms with E-state index in [0.717, 1.165) is 40.7 Å². The number of likely N-dealkylation sites (tertiary alicyclic amines) is 1. The summed E-state index contributed by atoms with van der Waals surface area (Å²) in [6, 6.07) is 18.2. The van der Waals surface area contributed by atoms with Crippen LogP contribution in [0.15, 0.2) is 60.7 Å². The number of aromatic hydroxyl groups is 1. The second-order valence-electron chi connectivity index (χ2n) is 9.56. The van der Waals surface area contributed by atoms with Gasteiger partial charge < -0.3 is 14.6 Å². The summed E-state index contributed by atoms with van der Waals surface area (Å²) in [4.78, 5) is 4.58. The minimum Gasteiger partial charge on any atom is -0.508 e. The van der Waals surface area contributed by atoms with Crippen LogP contribution in [-0.2, 0) is 15.9 Å². The van der Waals surface area contributed by atoms with Crippen molar-refractivity contribution in [2.45, 2.75) is 31.9 Å². The molecular formula is C29H31NO6S2. The quantitative estimate of drug-likeness (QED) is 0.225. The van der Waals surface area contributed by atoms with Crippen LogP contribution in [0.3, 0.4) is 0 Å². The molecule has 200 valence electrons. The Morgan fingerprint density at radius 3 is 2.29 bits per heavy atom. The van der Waals surface area contributed by atoms with Crippen molar-refractivity contribution in [3.63, 3.8) is 0 Å². The Balaban J connectivity index is 1.44. The molecule has 0 atom stereocenters. The lowest BCUT2D eigenvalue weighted by atomic mass is 10.00. The number of thiophene rings is 1. The molecule has 0 aliphatic carbocycles. The van der Waals surface area contributed by atoms with E-state index in [4.69, 9.17) is 9.47 Å². The van der Waals surface area contributed by atoms with Crippen LogP contribution in [0.2, 0.25) is 0 Å². The van der Waals surface area contributed by atoms with E-state index in [1.165, 1.54) is 25.3 Å². The number of rotatable bonds is 9. The van der Waals surface area contributed by atoms with Crippen LogP contribution in [0.5, 0.6) is 23.0 Å². The molecule has 0 amide bonds. The van der Waals surface area contributed by atoms with Gasteiger partial charge in [-0.1, -0.05) is 12.5 Å². The lowest BCUT2D eigenvalue weighted by molar-refractivity contribution is 0.183. The highest BCUT2D eigenvalue weighted by atomic mass is 32.2. The molecule has 0 saturated carbocycles. The molecule has 1 fully saturated rings. The summed E-state index contributed by atoms with van der Waals surface area (Å²) in [7, 11) is -4.36. The van der Waals surface area contributed by atoms with Gasteiger partial charge in [0.05, 0.1) is 0 Å².